The van der Waals surface area contributed by atoms with E-state index in [1.807, 2.05) is 30.3 Å². The molecule has 4 rings (SSSR count). The number of ether oxygens (including phenoxy) is 1. The molecule has 11 nitrogen and oxygen atoms in total. The van der Waals surface area contributed by atoms with Crippen LogP contribution in [0.25, 0.3) is 11.0 Å². The van der Waals surface area contributed by atoms with E-state index >= 15 is 0 Å². The van der Waals surface area contributed by atoms with E-state index in [-0.39, 0.29) is 19.1 Å². The second-order valence-electron chi connectivity index (χ2n) is 9.08. The van der Waals surface area contributed by atoms with E-state index < -0.39 is 24.0 Å². The molecular formula is C29H29N5O6. The van der Waals surface area contributed by atoms with Gasteiger partial charge in [0.2, 0.25) is 5.91 Å². The molecule has 0 aliphatic carbocycles. The van der Waals surface area contributed by atoms with E-state index in [1.54, 1.807) is 53.4 Å². The van der Waals surface area contributed by atoms with E-state index in [2.05, 4.69) is 20.6 Å². The Labute approximate surface area is 230 Å². The lowest BCUT2D eigenvalue weighted by atomic mass is 10.1. The predicted octanol–water partition coefficient (Wildman–Crippen LogP) is 3.22. The molecule has 0 fully saturated rings. The Morgan fingerprint density at radius 3 is 2.30 bits per heavy atom. The lowest BCUT2D eigenvalue weighted by Crippen LogP contribution is -2.48. The van der Waals surface area contributed by atoms with Crippen LogP contribution in [0.15, 0.2) is 78.9 Å². The van der Waals surface area contributed by atoms with Crippen LogP contribution >= 0.6 is 0 Å². The number of carbonyl (C=O) groups is 4. The van der Waals surface area contributed by atoms with Gasteiger partial charge in [0.25, 0.3) is 5.91 Å². The first-order chi connectivity index (χ1) is 19.3. The van der Waals surface area contributed by atoms with Gasteiger partial charge in [-0.15, -0.1) is 0 Å². The highest BCUT2D eigenvalue weighted by molar-refractivity contribution is 5.94. The maximum Gasteiger partial charge on any atom is 0.408 e. The zero-order valence-corrected chi connectivity index (χ0v) is 21.8. The van der Waals surface area contributed by atoms with E-state index in [0.29, 0.717) is 24.5 Å². The summed E-state index contributed by atoms with van der Waals surface area (Å²) in [5.41, 5.74) is 3.56. The van der Waals surface area contributed by atoms with E-state index in [1.165, 1.54) is 6.92 Å². The van der Waals surface area contributed by atoms with Crippen molar-refractivity contribution in [1.82, 2.24) is 25.5 Å². The van der Waals surface area contributed by atoms with Gasteiger partial charge in [-0.25, -0.2) is 14.6 Å². The lowest BCUT2D eigenvalue weighted by molar-refractivity contribution is -0.139. The molecule has 1 atom stereocenters. The molecular weight excluding hydrogens is 514 g/mol. The maximum absolute atomic E-state index is 12.6. The third-order valence-corrected chi connectivity index (χ3v) is 6.08. The Morgan fingerprint density at radius 2 is 1.62 bits per heavy atom. The third kappa shape index (κ3) is 7.67. The van der Waals surface area contributed by atoms with Crippen LogP contribution in [-0.2, 0) is 34.0 Å². The fourth-order valence-electron chi connectivity index (χ4n) is 3.93. The number of carboxylic acid groups (broad SMARTS) is 1. The Balaban J connectivity index is 1.29. The molecule has 40 heavy (non-hydrogen) atoms. The van der Waals surface area contributed by atoms with Gasteiger partial charge in [-0.3, -0.25) is 9.59 Å². The summed E-state index contributed by atoms with van der Waals surface area (Å²) in [5.74, 6) is -1.29. The number of aromatic nitrogens is 2. The molecule has 1 heterocycles. The van der Waals surface area contributed by atoms with Crippen molar-refractivity contribution in [2.75, 3.05) is 6.54 Å². The van der Waals surface area contributed by atoms with Gasteiger partial charge in [-0.1, -0.05) is 54.6 Å². The van der Waals surface area contributed by atoms with Crippen molar-refractivity contribution in [1.29, 1.82) is 0 Å². The molecule has 3 amide bonds. The summed E-state index contributed by atoms with van der Waals surface area (Å²) in [6.45, 7) is 1.73. The molecule has 0 spiro atoms. The summed E-state index contributed by atoms with van der Waals surface area (Å²) >= 11 is 0. The molecule has 0 saturated carbocycles. The fraction of sp³-hybridized carbons (Fsp3) is 0.207. The SMILES string of the molecule is CC(=O)N(Cc1ccc(C(=O)NC[C@H](NC(=O)OCc2ccccc2)C(=O)O)cc1)Cc1nc2ccccc2[nH]1. The zero-order valence-electron chi connectivity index (χ0n) is 21.8. The van der Waals surface area contributed by atoms with Crippen molar-refractivity contribution in [3.8, 4) is 0 Å². The van der Waals surface area contributed by atoms with Gasteiger partial charge in [-0.2, -0.15) is 0 Å². The van der Waals surface area contributed by atoms with Gasteiger partial charge >= 0.3 is 12.1 Å². The molecule has 0 unspecified atom stereocenters. The minimum atomic E-state index is -1.38. The van der Waals surface area contributed by atoms with Gasteiger partial charge in [0.15, 0.2) is 0 Å². The maximum atomic E-state index is 12.6. The van der Waals surface area contributed by atoms with Crippen LogP contribution in [0.3, 0.4) is 0 Å². The van der Waals surface area contributed by atoms with Crippen LogP contribution in [0.4, 0.5) is 4.79 Å². The monoisotopic (exact) mass is 543 g/mol. The number of nitrogens with zero attached hydrogens (tertiary/aromatic N) is 2. The summed E-state index contributed by atoms with van der Waals surface area (Å²) in [4.78, 5) is 57.9. The van der Waals surface area contributed by atoms with E-state index in [4.69, 9.17) is 4.74 Å². The van der Waals surface area contributed by atoms with Crippen LogP contribution < -0.4 is 10.6 Å². The van der Waals surface area contributed by atoms with Gasteiger partial charge in [0, 0.05) is 25.6 Å². The molecule has 11 heteroatoms. The van der Waals surface area contributed by atoms with Crippen molar-refractivity contribution in [3.05, 3.63) is 101 Å². The summed E-state index contributed by atoms with van der Waals surface area (Å²) in [5, 5.41) is 14.2. The number of rotatable bonds is 11. The molecule has 206 valence electrons. The number of fused-ring (bicyclic) bond motifs is 1. The van der Waals surface area contributed by atoms with Crippen molar-refractivity contribution < 1.29 is 29.0 Å². The minimum Gasteiger partial charge on any atom is -0.480 e. The highest BCUT2D eigenvalue weighted by Crippen LogP contribution is 2.14. The Hall–Kier alpha value is -5.19. The minimum absolute atomic E-state index is 0.0168. The number of imidazole rings is 1. The summed E-state index contributed by atoms with van der Waals surface area (Å²) in [6.07, 6.45) is -0.910. The van der Waals surface area contributed by atoms with E-state index in [9.17, 15) is 24.3 Å². The third-order valence-electron chi connectivity index (χ3n) is 6.08. The van der Waals surface area contributed by atoms with Crippen molar-refractivity contribution >= 4 is 34.9 Å². The number of carboxylic acids is 1. The number of benzene rings is 3. The van der Waals surface area contributed by atoms with Crippen molar-refractivity contribution in [2.45, 2.75) is 32.7 Å². The Morgan fingerprint density at radius 1 is 0.925 bits per heavy atom. The standard InChI is InChI=1S/C29H29N5O6/c1-19(35)34(17-26-31-23-9-5-6-10-24(23)32-26)16-20-11-13-22(14-12-20)27(36)30-15-25(28(37)38)33-29(39)40-18-21-7-3-2-4-8-21/h2-14,25H,15-18H2,1H3,(H,30,36)(H,31,32)(H,33,39)(H,37,38)/t25-/m0/s1. The molecule has 4 aromatic rings. The van der Waals surface area contributed by atoms with Crippen LogP contribution in [0, 0.1) is 0 Å². The molecule has 0 aliphatic rings. The molecule has 0 aliphatic heterocycles. The zero-order chi connectivity index (χ0) is 28.5. The lowest BCUT2D eigenvalue weighted by Gasteiger charge is -2.20. The molecule has 4 N–H and O–H groups in total. The van der Waals surface area contributed by atoms with Crippen LogP contribution in [0.5, 0.6) is 0 Å². The smallest absolute Gasteiger partial charge is 0.408 e. The predicted molar refractivity (Wildman–Crippen MR) is 146 cm³/mol. The fourth-order valence-corrected chi connectivity index (χ4v) is 3.93. The summed E-state index contributed by atoms with van der Waals surface area (Å²) in [6, 6.07) is 21.8. The molecule has 3 aromatic carbocycles. The largest absolute Gasteiger partial charge is 0.480 e. The molecule has 0 saturated heterocycles. The van der Waals surface area contributed by atoms with Crippen LogP contribution in [0.2, 0.25) is 0 Å². The number of hydrogen-bond donors (Lipinski definition) is 4. The number of amides is 3. The first-order valence-corrected chi connectivity index (χ1v) is 12.5. The number of carbonyl (C=O) groups excluding carboxylic acids is 3. The highest BCUT2D eigenvalue weighted by Gasteiger charge is 2.22. The van der Waals surface area contributed by atoms with Crippen molar-refractivity contribution in [3.63, 3.8) is 0 Å². The summed E-state index contributed by atoms with van der Waals surface area (Å²) < 4.78 is 5.05. The topological polar surface area (TPSA) is 154 Å². The van der Waals surface area contributed by atoms with Crippen molar-refractivity contribution in [2.24, 2.45) is 0 Å². The molecule has 0 radical (unpaired) electrons. The normalized spacial score (nSPS) is 11.4. The molecule has 0 bridgehead atoms. The highest BCUT2D eigenvalue weighted by atomic mass is 16.5. The first kappa shape index (κ1) is 27.8. The number of para-hydroxylation sites is 2. The second-order valence-corrected chi connectivity index (χ2v) is 9.08. The molecule has 1 aromatic heterocycles. The first-order valence-electron chi connectivity index (χ1n) is 12.5. The number of nitrogens with one attached hydrogen (secondary N) is 3. The van der Waals surface area contributed by atoms with E-state index in [0.717, 1.165) is 22.2 Å². The van der Waals surface area contributed by atoms with Crippen LogP contribution in [-0.4, -0.2) is 56.4 Å². The quantitative estimate of drug-likeness (QED) is 0.226. The van der Waals surface area contributed by atoms with Gasteiger partial charge < -0.3 is 30.4 Å². The number of alkyl carbamates (subject to hydrolysis) is 1. The van der Waals surface area contributed by atoms with Crippen LogP contribution in [0.1, 0.15) is 34.2 Å². The number of H-pyrrole nitrogens is 1. The Bertz CT molecular complexity index is 1450. The average Bonchev–Trinajstić information content (AvgIpc) is 3.37. The number of hydrogen-bond acceptors (Lipinski definition) is 6. The number of aliphatic carboxylic acids is 1. The average molecular weight is 544 g/mol. The summed E-state index contributed by atoms with van der Waals surface area (Å²) in [7, 11) is 0. The second kappa shape index (κ2) is 13.1. The number of aromatic amines is 1. The van der Waals surface area contributed by atoms with Gasteiger partial charge in [0.05, 0.1) is 17.6 Å². The van der Waals surface area contributed by atoms with Gasteiger partial charge in [0.1, 0.15) is 18.5 Å². The van der Waals surface area contributed by atoms with Gasteiger partial charge in [-0.05, 0) is 35.4 Å². The Kier molecular flexibility index (Phi) is 9.08.